The molecule has 1 aromatic carbocycles. The van der Waals surface area contributed by atoms with Crippen LogP contribution < -0.4 is 0 Å². The molecule has 17 heavy (non-hydrogen) atoms. The number of benzene rings is 1. The third-order valence-electron chi connectivity index (χ3n) is 2.39. The van der Waals surface area contributed by atoms with E-state index in [4.69, 9.17) is 0 Å². The standard InChI is InChI=1S/C11H14FNO3S/c1-3-13(2)11(14)8-17(15,16)10-7-5-4-6-9(10)12/h4-7H,3,8H2,1-2H3. The number of amides is 1. The summed E-state index contributed by atoms with van der Waals surface area (Å²) in [4.78, 5) is 12.3. The molecule has 4 nitrogen and oxygen atoms in total. The second-order valence-corrected chi connectivity index (χ2v) is 5.56. The maximum absolute atomic E-state index is 13.3. The average molecular weight is 259 g/mol. The molecule has 0 unspecified atom stereocenters. The second-order valence-electron chi connectivity index (χ2n) is 3.60. The summed E-state index contributed by atoms with van der Waals surface area (Å²) in [6.07, 6.45) is 0. The lowest BCUT2D eigenvalue weighted by atomic mass is 10.3. The van der Waals surface area contributed by atoms with E-state index in [-0.39, 0.29) is 0 Å². The van der Waals surface area contributed by atoms with Gasteiger partial charge in [-0.15, -0.1) is 0 Å². The van der Waals surface area contributed by atoms with Gasteiger partial charge in [0, 0.05) is 13.6 Å². The van der Waals surface area contributed by atoms with Crippen LogP contribution in [-0.2, 0) is 14.6 Å². The van der Waals surface area contributed by atoms with Crippen LogP contribution in [0.15, 0.2) is 29.2 Å². The van der Waals surface area contributed by atoms with E-state index in [0.717, 1.165) is 12.1 Å². The fraction of sp³-hybridized carbons (Fsp3) is 0.364. The lowest BCUT2D eigenvalue weighted by Crippen LogP contribution is -2.32. The lowest BCUT2D eigenvalue weighted by Gasteiger charge is -2.14. The Kier molecular flexibility index (Phi) is 4.22. The molecule has 0 aliphatic heterocycles. The number of hydrogen-bond acceptors (Lipinski definition) is 3. The van der Waals surface area contributed by atoms with Crippen molar-refractivity contribution in [3.8, 4) is 0 Å². The first-order valence-corrected chi connectivity index (χ1v) is 6.75. The molecule has 0 N–H and O–H groups in total. The van der Waals surface area contributed by atoms with Crippen LogP contribution in [0, 0.1) is 5.82 Å². The zero-order valence-electron chi connectivity index (χ0n) is 9.68. The molecule has 1 aromatic rings. The van der Waals surface area contributed by atoms with Crippen LogP contribution >= 0.6 is 0 Å². The molecule has 0 spiro atoms. The summed E-state index contributed by atoms with van der Waals surface area (Å²) in [6.45, 7) is 2.14. The predicted octanol–water partition coefficient (Wildman–Crippen LogP) is 1.08. The molecule has 0 aromatic heterocycles. The van der Waals surface area contributed by atoms with Crippen LogP contribution in [-0.4, -0.2) is 38.6 Å². The van der Waals surface area contributed by atoms with Crippen molar-refractivity contribution in [3.05, 3.63) is 30.1 Å². The Bertz CT molecular complexity index is 513. The second kappa shape index (κ2) is 5.27. The van der Waals surface area contributed by atoms with E-state index in [1.165, 1.54) is 24.1 Å². The summed E-state index contributed by atoms with van der Waals surface area (Å²) in [5.74, 6) is -2.09. The highest BCUT2D eigenvalue weighted by Gasteiger charge is 2.23. The van der Waals surface area contributed by atoms with Gasteiger partial charge in [0.25, 0.3) is 0 Å². The van der Waals surface area contributed by atoms with E-state index in [1.807, 2.05) is 0 Å². The predicted molar refractivity (Wildman–Crippen MR) is 61.8 cm³/mol. The summed E-state index contributed by atoms with van der Waals surface area (Å²) in [5.41, 5.74) is 0. The van der Waals surface area contributed by atoms with Crippen molar-refractivity contribution in [2.45, 2.75) is 11.8 Å². The third kappa shape index (κ3) is 3.26. The molecule has 0 bridgehead atoms. The maximum Gasteiger partial charge on any atom is 0.237 e. The summed E-state index contributed by atoms with van der Waals surface area (Å²) in [7, 11) is -2.41. The van der Waals surface area contributed by atoms with E-state index >= 15 is 0 Å². The molecule has 0 aliphatic carbocycles. The Morgan fingerprint density at radius 2 is 1.94 bits per heavy atom. The molecule has 1 amide bonds. The van der Waals surface area contributed by atoms with Gasteiger partial charge < -0.3 is 4.90 Å². The summed E-state index contributed by atoms with van der Waals surface area (Å²) in [6, 6.07) is 5.03. The largest absolute Gasteiger partial charge is 0.345 e. The van der Waals surface area contributed by atoms with Gasteiger partial charge in [-0.3, -0.25) is 4.79 Å². The number of nitrogens with zero attached hydrogens (tertiary/aromatic N) is 1. The first-order valence-electron chi connectivity index (χ1n) is 5.09. The zero-order valence-corrected chi connectivity index (χ0v) is 10.5. The zero-order chi connectivity index (χ0) is 13.1. The Hall–Kier alpha value is -1.43. The monoisotopic (exact) mass is 259 g/mol. The number of sulfone groups is 1. The third-order valence-corrected chi connectivity index (χ3v) is 4.01. The molecule has 6 heteroatoms. The fourth-order valence-corrected chi connectivity index (χ4v) is 2.58. The van der Waals surface area contributed by atoms with Gasteiger partial charge >= 0.3 is 0 Å². The minimum atomic E-state index is -3.91. The summed E-state index contributed by atoms with van der Waals surface area (Å²) < 4.78 is 36.9. The van der Waals surface area contributed by atoms with Gasteiger partial charge in [-0.25, -0.2) is 12.8 Å². The highest BCUT2D eigenvalue weighted by atomic mass is 32.2. The van der Waals surface area contributed by atoms with Gasteiger partial charge in [-0.2, -0.15) is 0 Å². The minimum Gasteiger partial charge on any atom is -0.345 e. The number of rotatable bonds is 4. The van der Waals surface area contributed by atoms with Gasteiger partial charge in [-0.1, -0.05) is 12.1 Å². The summed E-state index contributed by atoms with van der Waals surface area (Å²) in [5, 5.41) is 0. The summed E-state index contributed by atoms with van der Waals surface area (Å²) >= 11 is 0. The van der Waals surface area contributed by atoms with Gasteiger partial charge in [-0.05, 0) is 19.1 Å². The van der Waals surface area contributed by atoms with Crippen molar-refractivity contribution in [1.82, 2.24) is 4.90 Å². The molecule has 0 heterocycles. The molecule has 94 valence electrons. The van der Waals surface area contributed by atoms with Gasteiger partial charge in [0.15, 0.2) is 9.84 Å². The van der Waals surface area contributed by atoms with Crippen molar-refractivity contribution in [3.63, 3.8) is 0 Å². The highest BCUT2D eigenvalue weighted by Crippen LogP contribution is 2.15. The number of halogens is 1. The molecule has 1 rings (SSSR count). The van der Waals surface area contributed by atoms with E-state index in [9.17, 15) is 17.6 Å². The number of hydrogen-bond donors (Lipinski definition) is 0. The van der Waals surface area contributed by atoms with E-state index in [2.05, 4.69) is 0 Å². The minimum absolute atomic E-state index is 0.408. The van der Waals surface area contributed by atoms with E-state index in [1.54, 1.807) is 6.92 Å². The molecule has 0 fully saturated rings. The SMILES string of the molecule is CCN(C)C(=O)CS(=O)(=O)c1ccccc1F. The van der Waals surface area contributed by atoms with E-state index < -0.39 is 32.2 Å². The van der Waals surface area contributed by atoms with Crippen molar-refractivity contribution >= 4 is 15.7 Å². The maximum atomic E-state index is 13.3. The lowest BCUT2D eigenvalue weighted by molar-refractivity contribution is -0.126. The molecular formula is C11H14FNO3S. The Morgan fingerprint density at radius 3 is 2.47 bits per heavy atom. The van der Waals surface area contributed by atoms with Crippen LogP contribution in [0.25, 0.3) is 0 Å². The molecule has 0 saturated carbocycles. The quantitative estimate of drug-likeness (QED) is 0.813. The van der Waals surface area contributed by atoms with E-state index in [0.29, 0.717) is 6.54 Å². The molecular weight excluding hydrogens is 245 g/mol. The van der Waals surface area contributed by atoms with Crippen LogP contribution in [0.2, 0.25) is 0 Å². The van der Waals surface area contributed by atoms with Crippen LogP contribution in [0.3, 0.4) is 0 Å². The Morgan fingerprint density at radius 1 is 1.35 bits per heavy atom. The molecule has 0 radical (unpaired) electrons. The van der Waals surface area contributed by atoms with Crippen LogP contribution in [0.4, 0.5) is 4.39 Å². The smallest absolute Gasteiger partial charge is 0.237 e. The fourth-order valence-electron chi connectivity index (χ4n) is 1.22. The van der Waals surface area contributed by atoms with Crippen molar-refractivity contribution in [2.24, 2.45) is 0 Å². The Balaban J connectivity index is 2.98. The molecule has 0 aliphatic rings. The average Bonchev–Trinajstić information content (AvgIpc) is 2.27. The van der Waals surface area contributed by atoms with Gasteiger partial charge in [0.05, 0.1) is 0 Å². The van der Waals surface area contributed by atoms with Crippen LogP contribution in [0.1, 0.15) is 6.92 Å². The molecule has 0 saturated heterocycles. The highest BCUT2D eigenvalue weighted by molar-refractivity contribution is 7.92. The van der Waals surface area contributed by atoms with Crippen molar-refractivity contribution in [1.29, 1.82) is 0 Å². The number of carbonyl (C=O) groups is 1. The Labute approximate surface area is 100.0 Å². The normalized spacial score (nSPS) is 11.2. The van der Waals surface area contributed by atoms with Gasteiger partial charge in [0.2, 0.25) is 5.91 Å². The number of carbonyl (C=O) groups excluding carboxylic acids is 1. The van der Waals surface area contributed by atoms with Crippen LogP contribution in [0.5, 0.6) is 0 Å². The van der Waals surface area contributed by atoms with Crippen molar-refractivity contribution < 1.29 is 17.6 Å². The van der Waals surface area contributed by atoms with Crippen molar-refractivity contribution in [2.75, 3.05) is 19.3 Å². The van der Waals surface area contributed by atoms with Gasteiger partial charge in [0.1, 0.15) is 16.5 Å². The first kappa shape index (κ1) is 13.6. The molecule has 0 atom stereocenters. The first-order chi connectivity index (χ1) is 7.88. The topological polar surface area (TPSA) is 54.5 Å².